The summed E-state index contributed by atoms with van der Waals surface area (Å²) in [5, 5.41) is 2.87. The van der Waals surface area contributed by atoms with Gasteiger partial charge in [-0.25, -0.2) is 4.98 Å². The van der Waals surface area contributed by atoms with E-state index >= 15 is 0 Å². The molecule has 6 nitrogen and oxygen atoms in total. The highest BCUT2D eigenvalue weighted by atomic mass is 16.5. The van der Waals surface area contributed by atoms with Crippen molar-refractivity contribution < 1.29 is 14.3 Å². The topological polar surface area (TPSA) is 71.5 Å². The van der Waals surface area contributed by atoms with Gasteiger partial charge in [0.15, 0.2) is 0 Å². The van der Waals surface area contributed by atoms with Crippen molar-refractivity contribution in [1.82, 2.24) is 9.88 Å². The lowest BCUT2D eigenvalue weighted by atomic mass is 9.95. The molecule has 1 N–H and O–H groups in total. The Morgan fingerprint density at radius 2 is 2.00 bits per heavy atom. The van der Waals surface area contributed by atoms with Gasteiger partial charge >= 0.3 is 0 Å². The molecule has 0 aliphatic carbocycles. The standard InChI is InChI=1S/C16H23N3O3/c1-11(2)16(21)19-8-6-12(7-9-19)15(20)18-13-4-5-14(22-3)17-10-13/h4-5,10-12H,6-9H2,1-3H3,(H,18,20). The molecule has 0 saturated carbocycles. The number of anilines is 1. The molecule has 1 fully saturated rings. The summed E-state index contributed by atoms with van der Waals surface area (Å²) in [5.41, 5.74) is 0.659. The number of carbonyl (C=O) groups excluding carboxylic acids is 2. The van der Waals surface area contributed by atoms with Gasteiger partial charge in [-0.2, -0.15) is 0 Å². The number of hydrogen-bond acceptors (Lipinski definition) is 4. The van der Waals surface area contributed by atoms with E-state index in [9.17, 15) is 9.59 Å². The van der Waals surface area contributed by atoms with E-state index in [1.165, 1.54) is 0 Å². The predicted octanol–water partition coefficient (Wildman–Crippen LogP) is 1.92. The number of methoxy groups -OCH3 is 1. The Balaban J connectivity index is 1.85. The molecule has 2 amide bonds. The van der Waals surface area contributed by atoms with E-state index in [0.717, 1.165) is 0 Å². The predicted molar refractivity (Wildman–Crippen MR) is 83.6 cm³/mol. The lowest BCUT2D eigenvalue weighted by molar-refractivity contribution is -0.137. The number of pyridine rings is 1. The summed E-state index contributed by atoms with van der Waals surface area (Å²) < 4.78 is 4.98. The van der Waals surface area contributed by atoms with Crippen LogP contribution in [-0.2, 0) is 9.59 Å². The molecule has 1 aromatic rings. The summed E-state index contributed by atoms with van der Waals surface area (Å²) in [7, 11) is 1.55. The van der Waals surface area contributed by atoms with Crippen LogP contribution in [-0.4, -0.2) is 41.9 Å². The molecule has 0 aromatic carbocycles. The lowest BCUT2D eigenvalue weighted by Gasteiger charge is -2.32. The maximum atomic E-state index is 12.3. The van der Waals surface area contributed by atoms with Crippen LogP contribution in [0.4, 0.5) is 5.69 Å². The zero-order valence-corrected chi connectivity index (χ0v) is 13.3. The maximum absolute atomic E-state index is 12.3. The van der Waals surface area contributed by atoms with Crippen molar-refractivity contribution in [2.45, 2.75) is 26.7 Å². The van der Waals surface area contributed by atoms with E-state index in [1.807, 2.05) is 18.7 Å². The molecular weight excluding hydrogens is 282 g/mol. The number of amides is 2. The Bertz CT molecular complexity index is 520. The van der Waals surface area contributed by atoms with Crippen molar-refractivity contribution in [3.8, 4) is 5.88 Å². The fourth-order valence-corrected chi connectivity index (χ4v) is 2.55. The maximum Gasteiger partial charge on any atom is 0.227 e. The normalized spacial score (nSPS) is 15.7. The van der Waals surface area contributed by atoms with Gasteiger partial charge in [0, 0.05) is 31.0 Å². The van der Waals surface area contributed by atoms with E-state index in [0.29, 0.717) is 37.5 Å². The van der Waals surface area contributed by atoms with Gasteiger partial charge in [-0.1, -0.05) is 13.8 Å². The van der Waals surface area contributed by atoms with E-state index in [1.54, 1.807) is 25.4 Å². The second-order valence-corrected chi connectivity index (χ2v) is 5.83. The number of piperidine rings is 1. The Morgan fingerprint density at radius 3 is 2.50 bits per heavy atom. The highest BCUT2D eigenvalue weighted by molar-refractivity contribution is 5.92. The van der Waals surface area contributed by atoms with Gasteiger partial charge in [-0.3, -0.25) is 9.59 Å². The molecule has 1 aliphatic rings. The monoisotopic (exact) mass is 305 g/mol. The van der Waals surface area contributed by atoms with Crippen molar-refractivity contribution in [2.24, 2.45) is 11.8 Å². The first-order chi connectivity index (χ1) is 10.5. The summed E-state index contributed by atoms with van der Waals surface area (Å²) in [4.78, 5) is 30.1. The smallest absolute Gasteiger partial charge is 0.227 e. The molecule has 22 heavy (non-hydrogen) atoms. The Kier molecular flexibility index (Phi) is 5.35. The van der Waals surface area contributed by atoms with Crippen LogP contribution >= 0.6 is 0 Å². The summed E-state index contributed by atoms with van der Waals surface area (Å²) in [6.07, 6.45) is 2.98. The highest BCUT2D eigenvalue weighted by Crippen LogP contribution is 2.21. The van der Waals surface area contributed by atoms with Crippen molar-refractivity contribution in [1.29, 1.82) is 0 Å². The van der Waals surface area contributed by atoms with Gasteiger partial charge in [0.25, 0.3) is 0 Å². The van der Waals surface area contributed by atoms with Gasteiger partial charge in [0.05, 0.1) is 19.0 Å². The molecule has 120 valence electrons. The van der Waals surface area contributed by atoms with Crippen molar-refractivity contribution >= 4 is 17.5 Å². The third-order valence-electron chi connectivity index (χ3n) is 3.88. The Morgan fingerprint density at radius 1 is 1.32 bits per heavy atom. The van der Waals surface area contributed by atoms with Gasteiger partial charge < -0.3 is 15.0 Å². The second kappa shape index (κ2) is 7.24. The molecule has 1 aromatic heterocycles. The average Bonchev–Trinajstić information content (AvgIpc) is 2.55. The number of carbonyl (C=O) groups is 2. The average molecular weight is 305 g/mol. The summed E-state index contributed by atoms with van der Waals surface area (Å²) in [5.74, 6) is 0.620. The second-order valence-electron chi connectivity index (χ2n) is 5.83. The SMILES string of the molecule is COc1ccc(NC(=O)C2CCN(C(=O)C(C)C)CC2)cn1. The van der Waals surface area contributed by atoms with Gasteiger partial charge in [-0.05, 0) is 18.9 Å². The van der Waals surface area contributed by atoms with E-state index in [4.69, 9.17) is 4.74 Å². The van der Waals surface area contributed by atoms with Crippen LogP contribution in [0.3, 0.4) is 0 Å². The molecule has 2 rings (SSSR count). The quantitative estimate of drug-likeness (QED) is 0.922. The first-order valence-electron chi connectivity index (χ1n) is 7.61. The van der Waals surface area contributed by atoms with E-state index in [2.05, 4.69) is 10.3 Å². The third kappa shape index (κ3) is 3.96. The van der Waals surface area contributed by atoms with Crippen molar-refractivity contribution in [2.75, 3.05) is 25.5 Å². The zero-order valence-electron chi connectivity index (χ0n) is 13.3. The lowest BCUT2D eigenvalue weighted by Crippen LogP contribution is -2.43. The zero-order chi connectivity index (χ0) is 16.1. The molecular formula is C16H23N3O3. The minimum Gasteiger partial charge on any atom is -0.481 e. The number of likely N-dealkylation sites (tertiary alicyclic amines) is 1. The molecule has 1 saturated heterocycles. The van der Waals surface area contributed by atoms with Gasteiger partial charge in [0.2, 0.25) is 17.7 Å². The van der Waals surface area contributed by atoms with Crippen LogP contribution in [0.25, 0.3) is 0 Å². The molecule has 6 heteroatoms. The van der Waals surface area contributed by atoms with Crippen LogP contribution in [0.5, 0.6) is 5.88 Å². The largest absolute Gasteiger partial charge is 0.481 e. The highest BCUT2D eigenvalue weighted by Gasteiger charge is 2.28. The third-order valence-corrected chi connectivity index (χ3v) is 3.88. The van der Waals surface area contributed by atoms with Crippen LogP contribution in [0.1, 0.15) is 26.7 Å². The fraction of sp³-hybridized carbons (Fsp3) is 0.562. The van der Waals surface area contributed by atoms with Gasteiger partial charge in [0.1, 0.15) is 0 Å². The molecule has 2 heterocycles. The first-order valence-corrected chi connectivity index (χ1v) is 7.61. The first kappa shape index (κ1) is 16.3. The summed E-state index contributed by atoms with van der Waals surface area (Å²) in [6, 6.07) is 3.47. The van der Waals surface area contributed by atoms with Crippen LogP contribution in [0.15, 0.2) is 18.3 Å². The number of hydrogen-bond donors (Lipinski definition) is 1. The molecule has 0 unspecified atom stereocenters. The van der Waals surface area contributed by atoms with Crippen molar-refractivity contribution in [3.63, 3.8) is 0 Å². The van der Waals surface area contributed by atoms with Crippen LogP contribution in [0.2, 0.25) is 0 Å². The summed E-state index contributed by atoms with van der Waals surface area (Å²) >= 11 is 0. The van der Waals surface area contributed by atoms with E-state index in [-0.39, 0.29) is 23.7 Å². The molecule has 1 aliphatic heterocycles. The minimum absolute atomic E-state index is 0.00995. The molecule has 0 atom stereocenters. The van der Waals surface area contributed by atoms with Gasteiger partial charge in [-0.15, -0.1) is 0 Å². The number of nitrogens with zero attached hydrogens (tertiary/aromatic N) is 2. The molecule has 0 spiro atoms. The minimum atomic E-state index is -0.0571. The number of rotatable bonds is 4. The number of ether oxygens (including phenoxy) is 1. The van der Waals surface area contributed by atoms with Crippen LogP contribution in [0, 0.1) is 11.8 Å². The van der Waals surface area contributed by atoms with Crippen LogP contribution < -0.4 is 10.1 Å². The Hall–Kier alpha value is -2.11. The number of aromatic nitrogens is 1. The molecule has 0 bridgehead atoms. The van der Waals surface area contributed by atoms with E-state index < -0.39 is 0 Å². The fourth-order valence-electron chi connectivity index (χ4n) is 2.55. The van der Waals surface area contributed by atoms with Crippen molar-refractivity contribution in [3.05, 3.63) is 18.3 Å². The Labute approximate surface area is 130 Å². The number of nitrogens with one attached hydrogen (secondary N) is 1. The summed E-state index contributed by atoms with van der Waals surface area (Å²) in [6.45, 7) is 5.10. The molecule has 0 radical (unpaired) electrons.